The first-order chi connectivity index (χ1) is 9.59. The number of hydrogen-bond acceptors (Lipinski definition) is 5. The first-order valence-corrected chi connectivity index (χ1v) is 10.1. The standard InChI is InChI=1S/C11H11BrN2O4S3/c1-7-10(6-11(12)19-7)21(17,18)14-8-2-4-9(5-3-8)20(13,15)16/h2-6,14H,1H3,(H2,13,15,16). The lowest BCUT2D eigenvalue weighted by Crippen LogP contribution is -2.14. The largest absolute Gasteiger partial charge is 0.280 e. The van der Waals surface area contributed by atoms with Crippen LogP contribution < -0.4 is 9.86 Å². The average Bonchev–Trinajstić information content (AvgIpc) is 2.68. The maximum absolute atomic E-state index is 12.2. The quantitative estimate of drug-likeness (QED) is 0.805. The molecular formula is C11H11BrN2O4S3. The van der Waals surface area contributed by atoms with E-state index in [0.717, 1.165) is 0 Å². The van der Waals surface area contributed by atoms with Gasteiger partial charge >= 0.3 is 0 Å². The van der Waals surface area contributed by atoms with Crippen molar-refractivity contribution < 1.29 is 16.8 Å². The zero-order chi connectivity index (χ0) is 15.8. The Kier molecular flexibility index (Phi) is 4.45. The summed E-state index contributed by atoms with van der Waals surface area (Å²) in [6.07, 6.45) is 0. The monoisotopic (exact) mass is 410 g/mol. The summed E-state index contributed by atoms with van der Waals surface area (Å²) in [6.45, 7) is 1.70. The fourth-order valence-electron chi connectivity index (χ4n) is 1.62. The molecule has 0 amide bonds. The molecule has 0 saturated carbocycles. The van der Waals surface area contributed by atoms with Crippen molar-refractivity contribution in [1.82, 2.24) is 0 Å². The minimum absolute atomic E-state index is 0.0834. The van der Waals surface area contributed by atoms with E-state index in [-0.39, 0.29) is 15.5 Å². The van der Waals surface area contributed by atoms with E-state index in [2.05, 4.69) is 20.7 Å². The molecule has 1 aromatic carbocycles. The average molecular weight is 411 g/mol. The summed E-state index contributed by atoms with van der Waals surface area (Å²) in [7, 11) is -7.52. The summed E-state index contributed by atoms with van der Waals surface area (Å²) in [4.78, 5) is 0.741. The number of halogens is 1. The Bertz CT molecular complexity index is 871. The molecule has 2 aromatic rings. The van der Waals surface area contributed by atoms with E-state index in [1.54, 1.807) is 6.92 Å². The second-order valence-electron chi connectivity index (χ2n) is 4.15. The Morgan fingerprint density at radius 2 is 1.71 bits per heavy atom. The Morgan fingerprint density at radius 3 is 2.14 bits per heavy atom. The molecule has 21 heavy (non-hydrogen) atoms. The Hall–Kier alpha value is -0.940. The number of sulfonamides is 2. The van der Waals surface area contributed by atoms with Gasteiger partial charge in [0.1, 0.15) is 4.90 Å². The van der Waals surface area contributed by atoms with Gasteiger partial charge in [0.05, 0.1) is 8.68 Å². The molecule has 1 heterocycles. The SMILES string of the molecule is Cc1sc(Br)cc1S(=O)(=O)Nc1ccc(S(N)(=O)=O)cc1. The van der Waals surface area contributed by atoms with Gasteiger partial charge in [-0.2, -0.15) is 0 Å². The van der Waals surface area contributed by atoms with Crippen molar-refractivity contribution in [2.75, 3.05) is 4.72 Å². The number of benzene rings is 1. The number of aryl methyl sites for hydroxylation is 1. The van der Waals surface area contributed by atoms with Gasteiger partial charge in [0.25, 0.3) is 10.0 Å². The van der Waals surface area contributed by atoms with Crippen LogP contribution in [0.25, 0.3) is 0 Å². The maximum Gasteiger partial charge on any atom is 0.263 e. The van der Waals surface area contributed by atoms with E-state index >= 15 is 0 Å². The first-order valence-electron chi connectivity index (χ1n) is 5.51. The van der Waals surface area contributed by atoms with Crippen LogP contribution in [0.1, 0.15) is 4.88 Å². The van der Waals surface area contributed by atoms with Gasteiger partial charge < -0.3 is 0 Å². The van der Waals surface area contributed by atoms with Crippen LogP contribution >= 0.6 is 27.3 Å². The highest BCUT2D eigenvalue weighted by molar-refractivity contribution is 9.11. The predicted molar refractivity (Wildman–Crippen MR) is 85.4 cm³/mol. The minimum atomic E-state index is -3.80. The number of thiophene rings is 1. The molecule has 0 aliphatic rings. The van der Waals surface area contributed by atoms with Crippen LogP contribution in [0.15, 0.2) is 43.9 Å². The Morgan fingerprint density at radius 1 is 1.14 bits per heavy atom. The second-order valence-corrected chi connectivity index (χ2v) is 9.99. The van der Waals surface area contributed by atoms with Crippen LogP contribution in [-0.2, 0) is 20.0 Å². The van der Waals surface area contributed by atoms with Crippen molar-refractivity contribution in [3.63, 3.8) is 0 Å². The van der Waals surface area contributed by atoms with Gasteiger partial charge in [-0.25, -0.2) is 22.0 Å². The minimum Gasteiger partial charge on any atom is -0.280 e. The molecule has 0 unspecified atom stereocenters. The molecule has 2 rings (SSSR count). The summed E-state index contributed by atoms with van der Waals surface area (Å²) in [5.74, 6) is 0. The highest BCUT2D eigenvalue weighted by atomic mass is 79.9. The van der Waals surface area contributed by atoms with Gasteiger partial charge in [-0.05, 0) is 53.2 Å². The molecule has 0 atom stereocenters. The van der Waals surface area contributed by atoms with Crippen molar-refractivity contribution in [3.8, 4) is 0 Å². The summed E-state index contributed by atoms with van der Waals surface area (Å²) < 4.78 is 49.9. The third-order valence-corrected chi connectivity index (χ3v) is 6.69. The molecule has 114 valence electrons. The normalized spacial score (nSPS) is 12.3. The first kappa shape index (κ1) is 16.4. The number of nitrogens with one attached hydrogen (secondary N) is 1. The van der Waals surface area contributed by atoms with Crippen LogP contribution in [0, 0.1) is 6.92 Å². The lowest BCUT2D eigenvalue weighted by Gasteiger charge is -2.08. The zero-order valence-electron chi connectivity index (χ0n) is 10.7. The second kappa shape index (κ2) is 5.69. The van der Waals surface area contributed by atoms with E-state index < -0.39 is 20.0 Å². The molecule has 0 spiro atoms. The van der Waals surface area contributed by atoms with E-state index in [1.807, 2.05) is 0 Å². The fraction of sp³-hybridized carbons (Fsp3) is 0.0909. The molecule has 6 nitrogen and oxygen atoms in total. The molecule has 0 bridgehead atoms. The highest BCUT2D eigenvalue weighted by Gasteiger charge is 2.19. The zero-order valence-corrected chi connectivity index (χ0v) is 14.7. The maximum atomic E-state index is 12.2. The van der Waals surface area contributed by atoms with Crippen molar-refractivity contribution in [3.05, 3.63) is 39.0 Å². The highest BCUT2D eigenvalue weighted by Crippen LogP contribution is 2.30. The van der Waals surface area contributed by atoms with E-state index in [9.17, 15) is 16.8 Å². The number of hydrogen-bond donors (Lipinski definition) is 2. The van der Waals surface area contributed by atoms with Crippen LogP contribution in [0.4, 0.5) is 5.69 Å². The molecule has 0 radical (unpaired) electrons. The van der Waals surface area contributed by atoms with E-state index in [4.69, 9.17) is 5.14 Å². The van der Waals surface area contributed by atoms with Crippen molar-refractivity contribution in [2.24, 2.45) is 5.14 Å². The lowest BCUT2D eigenvalue weighted by molar-refractivity contribution is 0.597. The molecular weight excluding hydrogens is 400 g/mol. The Labute approximate surface area is 135 Å². The molecule has 0 saturated heterocycles. The molecule has 10 heteroatoms. The molecule has 3 N–H and O–H groups in total. The van der Waals surface area contributed by atoms with Crippen LogP contribution in [-0.4, -0.2) is 16.8 Å². The van der Waals surface area contributed by atoms with Gasteiger partial charge in [-0.15, -0.1) is 11.3 Å². The summed E-state index contributed by atoms with van der Waals surface area (Å²) >= 11 is 4.55. The van der Waals surface area contributed by atoms with Gasteiger partial charge in [0.2, 0.25) is 10.0 Å². The Balaban J connectivity index is 2.31. The summed E-state index contributed by atoms with van der Waals surface area (Å²) in [6, 6.07) is 6.68. The molecule has 0 fully saturated rings. The smallest absolute Gasteiger partial charge is 0.263 e. The summed E-state index contributed by atoms with van der Waals surface area (Å²) in [5.41, 5.74) is 0.254. The fourth-order valence-corrected chi connectivity index (χ4v) is 5.61. The predicted octanol–water partition coefficient (Wildman–Crippen LogP) is 2.27. The molecule has 1 aromatic heterocycles. The van der Waals surface area contributed by atoms with Gasteiger partial charge in [-0.1, -0.05) is 0 Å². The van der Waals surface area contributed by atoms with Crippen LogP contribution in [0.3, 0.4) is 0 Å². The van der Waals surface area contributed by atoms with E-state index in [1.165, 1.54) is 41.7 Å². The van der Waals surface area contributed by atoms with Crippen LogP contribution in [0.5, 0.6) is 0 Å². The summed E-state index contributed by atoms with van der Waals surface area (Å²) in [5, 5.41) is 4.98. The van der Waals surface area contributed by atoms with Gasteiger partial charge in [0.15, 0.2) is 0 Å². The topological polar surface area (TPSA) is 106 Å². The van der Waals surface area contributed by atoms with E-state index in [0.29, 0.717) is 8.66 Å². The number of rotatable bonds is 4. The van der Waals surface area contributed by atoms with Gasteiger partial charge in [0, 0.05) is 10.6 Å². The third-order valence-electron chi connectivity index (χ3n) is 2.57. The van der Waals surface area contributed by atoms with Crippen molar-refractivity contribution in [2.45, 2.75) is 16.7 Å². The lowest BCUT2D eigenvalue weighted by atomic mass is 10.3. The van der Waals surface area contributed by atoms with Gasteiger partial charge in [-0.3, -0.25) is 4.72 Å². The number of nitrogens with two attached hydrogens (primary N) is 1. The van der Waals surface area contributed by atoms with Crippen molar-refractivity contribution >= 4 is 53.0 Å². The number of primary sulfonamides is 1. The third kappa shape index (κ3) is 3.83. The molecule has 0 aliphatic heterocycles. The van der Waals surface area contributed by atoms with Crippen LogP contribution in [0.2, 0.25) is 0 Å². The molecule has 0 aliphatic carbocycles. The number of anilines is 1. The van der Waals surface area contributed by atoms with Crippen molar-refractivity contribution in [1.29, 1.82) is 0 Å².